The van der Waals surface area contributed by atoms with Gasteiger partial charge in [0.15, 0.2) is 5.75 Å². The summed E-state index contributed by atoms with van der Waals surface area (Å²) in [5, 5.41) is 3.15. The highest BCUT2D eigenvalue weighted by Gasteiger charge is 2.06. The van der Waals surface area contributed by atoms with Gasteiger partial charge in [0.2, 0.25) is 0 Å². The van der Waals surface area contributed by atoms with Crippen molar-refractivity contribution in [1.29, 1.82) is 0 Å². The Bertz CT molecular complexity index is 504. The SMILES string of the molecule is C=C/C=C(\C=C)Oc1ccc(Br)cc1NC(=C)C.CC. The molecule has 0 radical (unpaired) electrons. The van der Waals surface area contributed by atoms with E-state index in [1.807, 2.05) is 39.0 Å². The van der Waals surface area contributed by atoms with Gasteiger partial charge in [-0.2, -0.15) is 0 Å². The summed E-state index contributed by atoms with van der Waals surface area (Å²) in [6, 6.07) is 5.71. The number of halogens is 1. The average molecular weight is 336 g/mol. The molecule has 0 fully saturated rings. The molecule has 2 nitrogen and oxygen atoms in total. The lowest BCUT2D eigenvalue weighted by Gasteiger charge is -2.13. The van der Waals surface area contributed by atoms with Crippen LogP contribution in [0, 0.1) is 0 Å². The van der Waals surface area contributed by atoms with Crippen LogP contribution >= 0.6 is 15.9 Å². The molecule has 108 valence electrons. The maximum absolute atomic E-state index is 5.74. The van der Waals surface area contributed by atoms with Crippen molar-refractivity contribution >= 4 is 21.6 Å². The topological polar surface area (TPSA) is 21.3 Å². The second-order valence-electron chi connectivity index (χ2n) is 3.66. The number of hydrogen-bond acceptors (Lipinski definition) is 2. The minimum atomic E-state index is 0.636. The summed E-state index contributed by atoms with van der Waals surface area (Å²) in [7, 11) is 0. The Morgan fingerprint density at radius 1 is 1.30 bits per heavy atom. The first-order valence-corrected chi connectivity index (χ1v) is 7.21. The quantitative estimate of drug-likeness (QED) is 0.504. The molecule has 0 aliphatic heterocycles. The van der Waals surface area contributed by atoms with Gasteiger partial charge in [-0.05, 0) is 37.3 Å². The minimum absolute atomic E-state index is 0.636. The lowest BCUT2D eigenvalue weighted by atomic mass is 10.3. The number of anilines is 1. The summed E-state index contributed by atoms with van der Waals surface area (Å²) in [5.74, 6) is 1.34. The molecule has 0 aromatic heterocycles. The van der Waals surface area contributed by atoms with Gasteiger partial charge in [-0.3, -0.25) is 0 Å². The normalized spacial score (nSPS) is 9.90. The average Bonchev–Trinajstić information content (AvgIpc) is 2.42. The Labute approximate surface area is 130 Å². The Hall–Kier alpha value is -1.74. The van der Waals surface area contributed by atoms with Crippen LogP contribution in [0.1, 0.15) is 20.8 Å². The lowest BCUT2D eigenvalue weighted by molar-refractivity contribution is 0.446. The van der Waals surface area contributed by atoms with Gasteiger partial charge in [-0.25, -0.2) is 0 Å². The third kappa shape index (κ3) is 6.43. The van der Waals surface area contributed by atoms with Gasteiger partial charge < -0.3 is 10.1 Å². The van der Waals surface area contributed by atoms with E-state index < -0.39 is 0 Å². The molecule has 0 saturated carbocycles. The standard InChI is InChI=1S/C15H16BrNO.C2H6/c1-5-7-13(6-2)18-15-9-8-12(16)10-14(15)17-11(3)4;1-2/h5-10,17H,1-3H2,4H3;1-2H3/b13-7+;. The fourth-order valence-corrected chi connectivity index (χ4v) is 1.67. The number of benzene rings is 1. The largest absolute Gasteiger partial charge is 0.455 e. The van der Waals surface area contributed by atoms with Crippen LogP contribution < -0.4 is 10.1 Å². The summed E-state index contributed by atoms with van der Waals surface area (Å²) < 4.78 is 6.70. The smallest absolute Gasteiger partial charge is 0.150 e. The first-order chi connectivity index (χ1) is 9.56. The van der Waals surface area contributed by atoms with Gasteiger partial charge in [0, 0.05) is 10.2 Å². The third-order valence-electron chi connectivity index (χ3n) is 2.00. The number of rotatable bonds is 6. The van der Waals surface area contributed by atoms with Crippen LogP contribution in [0.5, 0.6) is 5.75 Å². The van der Waals surface area contributed by atoms with Crippen LogP contribution in [0.25, 0.3) is 0 Å². The highest BCUT2D eigenvalue weighted by molar-refractivity contribution is 9.10. The Kier molecular flexibility index (Phi) is 9.22. The van der Waals surface area contributed by atoms with E-state index in [1.165, 1.54) is 0 Å². The van der Waals surface area contributed by atoms with Crippen LogP contribution in [-0.2, 0) is 0 Å². The van der Waals surface area contributed by atoms with Gasteiger partial charge in [-0.15, -0.1) is 0 Å². The van der Waals surface area contributed by atoms with Gasteiger partial charge in [0.25, 0.3) is 0 Å². The molecular formula is C17H22BrNO. The number of nitrogens with one attached hydrogen (secondary N) is 1. The predicted octanol–water partition coefficient (Wildman–Crippen LogP) is 6.06. The van der Waals surface area contributed by atoms with E-state index in [9.17, 15) is 0 Å². The molecule has 0 atom stereocenters. The fraction of sp³-hybridized carbons (Fsp3) is 0.176. The summed E-state index contributed by atoms with van der Waals surface area (Å²) in [5.41, 5.74) is 1.68. The second kappa shape index (κ2) is 10.1. The maximum Gasteiger partial charge on any atom is 0.150 e. The summed E-state index contributed by atoms with van der Waals surface area (Å²) in [4.78, 5) is 0. The van der Waals surface area contributed by atoms with Crippen LogP contribution in [0.3, 0.4) is 0 Å². The molecular weight excluding hydrogens is 314 g/mol. The van der Waals surface area contributed by atoms with Gasteiger partial charge in [0.05, 0.1) is 5.69 Å². The molecule has 1 N–H and O–H groups in total. The number of allylic oxidation sites excluding steroid dienone is 4. The van der Waals surface area contributed by atoms with Crippen molar-refractivity contribution in [2.75, 3.05) is 5.32 Å². The summed E-state index contributed by atoms with van der Waals surface area (Å²) in [6.07, 6.45) is 5.04. The highest BCUT2D eigenvalue weighted by atomic mass is 79.9. The molecule has 1 aromatic rings. The molecule has 20 heavy (non-hydrogen) atoms. The van der Waals surface area contributed by atoms with E-state index >= 15 is 0 Å². The predicted molar refractivity (Wildman–Crippen MR) is 93.0 cm³/mol. The van der Waals surface area contributed by atoms with E-state index in [2.05, 4.69) is 41.0 Å². The van der Waals surface area contributed by atoms with Crippen LogP contribution in [0.2, 0.25) is 0 Å². The van der Waals surface area contributed by atoms with Crippen molar-refractivity contribution in [2.24, 2.45) is 0 Å². The van der Waals surface area contributed by atoms with Crippen molar-refractivity contribution < 1.29 is 4.74 Å². The fourth-order valence-electron chi connectivity index (χ4n) is 1.31. The van der Waals surface area contributed by atoms with E-state index in [4.69, 9.17) is 4.74 Å². The summed E-state index contributed by atoms with van der Waals surface area (Å²) >= 11 is 3.42. The van der Waals surface area contributed by atoms with Crippen LogP contribution in [-0.4, -0.2) is 0 Å². The number of hydrogen-bond donors (Lipinski definition) is 1. The van der Waals surface area contributed by atoms with E-state index in [0.717, 1.165) is 15.9 Å². The monoisotopic (exact) mass is 335 g/mol. The van der Waals surface area contributed by atoms with Crippen molar-refractivity contribution in [3.8, 4) is 5.75 Å². The van der Waals surface area contributed by atoms with Crippen molar-refractivity contribution in [3.63, 3.8) is 0 Å². The van der Waals surface area contributed by atoms with Gasteiger partial charge in [-0.1, -0.05) is 55.6 Å². The first kappa shape index (κ1) is 18.3. The van der Waals surface area contributed by atoms with E-state index in [0.29, 0.717) is 11.5 Å². The lowest BCUT2D eigenvalue weighted by Crippen LogP contribution is -1.99. The zero-order valence-electron chi connectivity index (χ0n) is 12.4. The Morgan fingerprint density at radius 2 is 1.95 bits per heavy atom. The second-order valence-corrected chi connectivity index (χ2v) is 4.57. The van der Waals surface area contributed by atoms with Crippen LogP contribution in [0.4, 0.5) is 5.69 Å². The molecule has 0 spiro atoms. The van der Waals surface area contributed by atoms with Crippen molar-refractivity contribution in [1.82, 2.24) is 0 Å². The minimum Gasteiger partial charge on any atom is -0.455 e. The molecule has 0 bridgehead atoms. The third-order valence-corrected chi connectivity index (χ3v) is 2.49. The van der Waals surface area contributed by atoms with E-state index in [1.54, 1.807) is 18.2 Å². The highest BCUT2D eigenvalue weighted by Crippen LogP contribution is 2.30. The van der Waals surface area contributed by atoms with Crippen molar-refractivity contribution in [3.05, 3.63) is 72.1 Å². The first-order valence-electron chi connectivity index (χ1n) is 6.42. The zero-order valence-corrected chi connectivity index (χ0v) is 14.0. The molecule has 1 aromatic carbocycles. The molecule has 0 unspecified atom stereocenters. The molecule has 3 heteroatoms. The van der Waals surface area contributed by atoms with Gasteiger partial charge >= 0.3 is 0 Å². The van der Waals surface area contributed by atoms with E-state index in [-0.39, 0.29) is 0 Å². The maximum atomic E-state index is 5.74. The molecule has 0 amide bonds. The summed E-state index contributed by atoms with van der Waals surface area (Å²) in [6.45, 7) is 17.0. The Morgan fingerprint density at radius 3 is 2.45 bits per heavy atom. The molecule has 0 aliphatic rings. The zero-order chi connectivity index (χ0) is 15.5. The van der Waals surface area contributed by atoms with Gasteiger partial charge in [0.1, 0.15) is 5.76 Å². The molecule has 0 aliphatic carbocycles. The molecule has 1 rings (SSSR count). The Balaban J connectivity index is 0.00000172. The molecule has 0 saturated heterocycles. The van der Waals surface area contributed by atoms with Crippen molar-refractivity contribution in [2.45, 2.75) is 20.8 Å². The molecule has 0 heterocycles. The number of ether oxygens (including phenoxy) is 1. The van der Waals surface area contributed by atoms with Crippen LogP contribution in [0.15, 0.2) is 72.1 Å².